The first kappa shape index (κ1) is 9.78. The summed E-state index contributed by atoms with van der Waals surface area (Å²) < 4.78 is 0. The van der Waals surface area contributed by atoms with Crippen LogP contribution >= 0.6 is 0 Å². The predicted molar refractivity (Wildman–Crippen MR) is 59.0 cm³/mol. The van der Waals surface area contributed by atoms with Crippen LogP contribution in [0.25, 0.3) is 0 Å². The Kier molecular flexibility index (Phi) is 2.11. The Bertz CT molecular complexity index is 249. The van der Waals surface area contributed by atoms with E-state index in [-0.39, 0.29) is 0 Å². The van der Waals surface area contributed by atoms with Crippen LogP contribution in [-0.2, 0) is 0 Å². The maximum Gasteiger partial charge on any atom is 0.0739 e. The second kappa shape index (κ2) is 2.59. The first-order valence-electron chi connectivity index (χ1n) is 4.66. The van der Waals surface area contributed by atoms with Crippen LogP contribution < -0.4 is 0 Å². The summed E-state index contributed by atoms with van der Waals surface area (Å²) in [5, 5.41) is 1.72. The molecule has 12 heavy (non-hydrogen) atoms. The Labute approximate surface area is 77.4 Å². The van der Waals surface area contributed by atoms with Crippen LogP contribution in [0.4, 0.5) is 0 Å². The van der Waals surface area contributed by atoms with E-state index in [4.69, 9.17) is 0 Å². The van der Waals surface area contributed by atoms with E-state index >= 15 is 0 Å². The molecule has 0 radical (unpaired) electrons. The van der Waals surface area contributed by atoms with E-state index in [1.54, 1.807) is 5.20 Å². The molecule has 0 saturated carbocycles. The zero-order valence-electron chi connectivity index (χ0n) is 9.15. The molecule has 1 aliphatic rings. The summed E-state index contributed by atoms with van der Waals surface area (Å²) in [5.74, 6) is 0. The zero-order valence-corrected chi connectivity index (χ0v) is 10.2. The summed E-state index contributed by atoms with van der Waals surface area (Å²) in [7, 11) is -1.11. The minimum Gasteiger partial charge on any atom is -0.0749 e. The Morgan fingerprint density at radius 3 is 1.83 bits per heavy atom. The van der Waals surface area contributed by atoms with Gasteiger partial charge < -0.3 is 0 Å². The molecule has 0 aromatic rings. The van der Waals surface area contributed by atoms with Gasteiger partial charge in [0.05, 0.1) is 8.07 Å². The standard InChI is InChI=1S/C11H20Si/c1-9-7-8-11(2,3)10(9)12(4,5)6/h7-8H,1-6H3. The molecule has 0 atom stereocenters. The number of rotatable bonds is 1. The Balaban J connectivity index is 3.14. The summed E-state index contributed by atoms with van der Waals surface area (Å²) in [5.41, 5.74) is 1.84. The van der Waals surface area contributed by atoms with Crippen molar-refractivity contribution in [3.05, 3.63) is 22.9 Å². The van der Waals surface area contributed by atoms with Gasteiger partial charge in [-0.3, -0.25) is 0 Å². The molecular formula is C11H20Si. The van der Waals surface area contributed by atoms with E-state index in [1.165, 1.54) is 5.57 Å². The summed E-state index contributed by atoms with van der Waals surface area (Å²) in [6, 6.07) is 0. The van der Waals surface area contributed by atoms with Crippen molar-refractivity contribution in [2.75, 3.05) is 0 Å². The van der Waals surface area contributed by atoms with Gasteiger partial charge in [0.1, 0.15) is 0 Å². The topological polar surface area (TPSA) is 0 Å². The second-order valence-corrected chi connectivity index (χ2v) is 10.4. The van der Waals surface area contributed by atoms with Gasteiger partial charge in [-0.15, -0.1) is 0 Å². The fourth-order valence-corrected chi connectivity index (χ4v) is 5.85. The molecule has 0 aromatic heterocycles. The third-order valence-corrected chi connectivity index (χ3v) is 5.08. The summed E-state index contributed by atoms with van der Waals surface area (Å²) in [4.78, 5) is 0. The van der Waals surface area contributed by atoms with Crippen LogP contribution in [0.1, 0.15) is 20.8 Å². The third kappa shape index (κ3) is 1.56. The molecule has 0 amide bonds. The molecule has 0 aliphatic heterocycles. The molecule has 0 N–H and O–H groups in total. The quantitative estimate of drug-likeness (QED) is 0.539. The van der Waals surface area contributed by atoms with Gasteiger partial charge in [-0.2, -0.15) is 0 Å². The van der Waals surface area contributed by atoms with Gasteiger partial charge in [0.25, 0.3) is 0 Å². The lowest BCUT2D eigenvalue weighted by molar-refractivity contribution is 0.613. The molecule has 0 fully saturated rings. The van der Waals surface area contributed by atoms with Crippen molar-refractivity contribution in [1.29, 1.82) is 0 Å². The molecule has 1 aliphatic carbocycles. The van der Waals surface area contributed by atoms with Crippen molar-refractivity contribution in [2.45, 2.75) is 40.4 Å². The van der Waals surface area contributed by atoms with Crippen LogP contribution in [0, 0.1) is 5.41 Å². The minimum atomic E-state index is -1.11. The van der Waals surface area contributed by atoms with Crippen molar-refractivity contribution in [1.82, 2.24) is 0 Å². The lowest BCUT2D eigenvalue weighted by Gasteiger charge is -2.31. The van der Waals surface area contributed by atoms with E-state index in [0.717, 1.165) is 0 Å². The highest BCUT2D eigenvalue weighted by Crippen LogP contribution is 2.41. The number of allylic oxidation sites excluding steroid dienone is 4. The van der Waals surface area contributed by atoms with Gasteiger partial charge >= 0.3 is 0 Å². The van der Waals surface area contributed by atoms with Crippen LogP contribution in [0.3, 0.4) is 0 Å². The maximum absolute atomic E-state index is 2.43. The van der Waals surface area contributed by atoms with Crippen LogP contribution in [0.2, 0.25) is 19.6 Å². The highest BCUT2D eigenvalue weighted by Gasteiger charge is 2.34. The molecular weight excluding hydrogens is 160 g/mol. The molecule has 0 nitrogen and oxygen atoms in total. The van der Waals surface area contributed by atoms with Crippen molar-refractivity contribution in [3.8, 4) is 0 Å². The van der Waals surface area contributed by atoms with Gasteiger partial charge in [-0.1, -0.05) is 56.4 Å². The Morgan fingerprint density at radius 2 is 1.67 bits per heavy atom. The molecule has 0 aromatic carbocycles. The van der Waals surface area contributed by atoms with Crippen LogP contribution in [0.15, 0.2) is 22.9 Å². The van der Waals surface area contributed by atoms with E-state index in [9.17, 15) is 0 Å². The Hall–Kier alpha value is -0.303. The highest BCUT2D eigenvalue weighted by atomic mass is 28.3. The fourth-order valence-electron chi connectivity index (χ4n) is 2.57. The fraction of sp³-hybridized carbons (Fsp3) is 0.636. The Morgan fingerprint density at radius 1 is 1.17 bits per heavy atom. The molecule has 0 saturated heterocycles. The smallest absolute Gasteiger partial charge is 0.0739 e. The normalized spacial score (nSPS) is 22.2. The monoisotopic (exact) mass is 180 g/mol. The van der Waals surface area contributed by atoms with Crippen LogP contribution in [0.5, 0.6) is 0 Å². The number of hydrogen-bond acceptors (Lipinski definition) is 0. The summed E-state index contributed by atoms with van der Waals surface area (Å²) in [6.07, 6.45) is 4.63. The maximum atomic E-state index is 2.43. The molecule has 1 rings (SSSR count). The average molecular weight is 180 g/mol. The highest BCUT2D eigenvalue weighted by molar-refractivity contribution is 6.83. The lowest BCUT2D eigenvalue weighted by atomic mass is 9.95. The average Bonchev–Trinajstić information content (AvgIpc) is 2.03. The third-order valence-electron chi connectivity index (χ3n) is 2.54. The zero-order chi connectivity index (χ0) is 9.57. The molecule has 0 heterocycles. The number of hydrogen-bond donors (Lipinski definition) is 0. The van der Waals surface area contributed by atoms with Crippen molar-refractivity contribution in [3.63, 3.8) is 0 Å². The van der Waals surface area contributed by atoms with E-state index < -0.39 is 8.07 Å². The first-order chi connectivity index (χ1) is 5.25. The molecule has 0 spiro atoms. The van der Waals surface area contributed by atoms with Crippen molar-refractivity contribution < 1.29 is 0 Å². The van der Waals surface area contributed by atoms with Gasteiger partial charge in [-0.25, -0.2) is 0 Å². The molecule has 0 bridgehead atoms. The van der Waals surface area contributed by atoms with Gasteiger partial charge in [0, 0.05) is 5.41 Å². The van der Waals surface area contributed by atoms with Gasteiger partial charge in [-0.05, 0) is 6.92 Å². The van der Waals surface area contributed by atoms with E-state index in [0.29, 0.717) is 5.41 Å². The largest absolute Gasteiger partial charge is 0.0749 e. The van der Waals surface area contributed by atoms with Gasteiger partial charge in [0.15, 0.2) is 0 Å². The second-order valence-electron chi connectivity index (χ2n) is 5.36. The van der Waals surface area contributed by atoms with Gasteiger partial charge in [0.2, 0.25) is 0 Å². The van der Waals surface area contributed by atoms with Crippen molar-refractivity contribution in [2.24, 2.45) is 5.41 Å². The SMILES string of the molecule is CC1=C([Si](C)(C)C)C(C)(C)C=C1. The minimum absolute atomic E-state index is 0.328. The van der Waals surface area contributed by atoms with Crippen LogP contribution in [-0.4, -0.2) is 8.07 Å². The summed E-state index contributed by atoms with van der Waals surface area (Å²) in [6.45, 7) is 14.2. The molecule has 1 heteroatoms. The van der Waals surface area contributed by atoms with E-state index in [1.807, 2.05) is 0 Å². The molecule has 0 unspecified atom stereocenters. The first-order valence-corrected chi connectivity index (χ1v) is 8.16. The lowest BCUT2D eigenvalue weighted by Crippen LogP contribution is -2.32. The van der Waals surface area contributed by atoms with E-state index in [2.05, 4.69) is 52.6 Å². The molecule has 68 valence electrons. The van der Waals surface area contributed by atoms with Crippen molar-refractivity contribution >= 4 is 8.07 Å². The summed E-state index contributed by atoms with van der Waals surface area (Å²) >= 11 is 0. The predicted octanol–water partition coefficient (Wildman–Crippen LogP) is 3.78.